The number of aromatic hydroxyl groups is 3. The first-order valence-electron chi connectivity index (χ1n) is 4.96. The lowest BCUT2D eigenvalue weighted by Gasteiger charge is -2.20. The first-order valence-corrected chi connectivity index (χ1v) is 4.96. The maximum atomic E-state index is 9.80. The Bertz CT molecular complexity index is 375. The minimum atomic E-state index is -0.0809. The van der Waals surface area contributed by atoms with Crippen molar-refractivity contribution in [1.82, 2.24) is 0 Å². The van der Waals surface area contributed by atoms with E-state index < -0.39 is 0 Å². The molecule has 0 heterocycles. The normalized spacial score (nSPS) is 11.7. The lowest BCUT2D eigenvalue weighted by Crippen LogP contribution is -2.09. The Hall–Kier alpha value is -1.38. The lowest BCUT2D eigenvalue weighted by atomic mass is 9.86. The van der Waals surface area contributed by atoms with Crippen LogP contribution in [-0.2, 0) is 6.42 Å². The zero-order chi connectivity index (χ0) is 11.8. The van der Waals surface area contributed by atoms with Gasteiger partial charge in [-0.25, -0.2) is 0 Å². The maximum Gasteiger partial charge on any atom is 0.129 e. The van der Waals surface area contributed by atoms with Gasteiger partial charge in [-0.05, 0) is 18.8 Å². The SMILES string of the molecule is Cc1c(O)cc(O)c(CC(C)(C)C)c1O. The summed E-state index contributed by atoms with van der Waals surface area (Å²) in [5, 5.41) is 28.8. The van der Waals surface area contributed by atoms with Gasteiger partial charge in [0.25, 0.3) is 0 Å². The van der Waals surface area contributed by atoms with E-state index in [2.05, 4.69) is 0 Å². The van der Waals surface area contributed by atoms with Gasteiger partial charge in [-0.1, -0.05) is 20.8 Å². The van der Waals surface area contributed by atoms with Gasteiger partial charge < -0.3 is 15.3 Å². The fraction of sp³-hybridized carbons (Fsp3) is 0.500. The van der Waals surface area contributed by atoms with Gasteiger partial charge in [-0.3, -0.25) is 0 Å². The summed E-state index contributed by atoms with van der Waals surface area (Å²) in [6.45, 7) is 7.69. The van der Waals surface area contributed by atoms with Gasteiger partial charge in [-0.2, -0.15) is 0 Å². The van der Waals surface area contributed by atoms with Crippen molar-refractivity contribution >= 4 is 0 Å². The van der Waals surface area contributed by atoms with Gasteiger partial charge >= 0.3 is 0 Å². The van der Waals surface area contributed by atoms with Crippen molar-refractivity contribution in [3.8, 4) is 17.2 Å². The summed E-state index contributed by atoms with van der Waals surface area (Å²) in [6.07, 6.45) is 0.561. The van der Waals surface area contributed by atoms with Crippen molar-refractivity contribution in [2.75, 3.05) is 0 Å². The van der Waals surface area contributed by atoms with Crippen LogP contribution in [-0.4, -0.2) is 15.3 Å². The van der Waals surface area contributed by atoms with Gasteiger partial charge in [0.15, 0.2) is 0 Å². The molecule has 15 heavy (non-hydrogen) atoms. The van der Waals surface area contributed by atoms with Crippen LogP contribution in [0.3, 0.4) is 0 Å². The molecule has 0 amide bonds. The molecule has 0 aliphatic heterocycles. The average molecular weight is 210 g/mol. The third-order valence-electron chi connectivity index (χ3n) is 2.31. The van der Waals surface area contributed by atoms with E-state index in [1.807, 2.05) is 20.8 Å². The van der Waals surface area contributed by atoms with Gasteiger partial charge in [0.2, 0.25) is 0 Å². The molecular formula is C12H18O3. The average Bonchev–Trinajstić information content (AvgIpc) is 2.07. The first kappa shape index (κ1) is 11.7. The Morgan fingerprint density at radius 3 is 2.07 bits per heavy atom. The van der Waals surface area contributed by atoms with Crippen molar-refractivity contribution in [1.29, 1.82) is 0 Å². The highest BCUT2D eigenvalue weighted by atomic mass is 16.3. The van der Waals surface area contributed by atoms with Gasteiger partial charge in [0.1, 0.15) is 17.2 Å². The van der Waals surface area contributed by atoms with Crippen LogP contribution in [0.1, 0.15) is 31.9 Å². The molecule has 0 unspecified atom stereocenters. The second kappa shape index (κ2) is 3.65. The third kappa shape index (κ3) is 2.55. The highest BCUT2D eigenvalue weighted by Gasteiger charge is 2.20. The Balaban J connectivity index is 3.24. The summed E-state index contributed by atoms with van der Waals surface area (Å²) in [5.41, 5.74) is 0.878. The molecule has 0 atom stereocenters. The molecule has 0 radical (unpaired) electrons. The Labute approximate surface area is 90.0 Å². The monoisotopic (exact) mass is 210 g/mol. The molecule has 0 saturated heterocycles. The van der Waals surface area contributed by atoms with Crippen LogP contribution in [0, 0.1) is 12.3 Å². The van der Waals surface area contributed by atoms with E-state index in [0.717, 1.165) is 0 Å². The van der Waals surface area contributed by atoms with Crippen LogP contribution in [0.5, 0.6) is 17.2 Å². The number of hydrogen-bond acceptors (Lipinski definition) is 3. The molecule has 84 valence electrons. The molecule has 0 bridgehead atoms. The van der Waals surface area contributed by atoms with Gasteiger partial charge in [0.05, 0.1) is 0 Å². The predicted octanol–water partition coefficient (Wildman–Crippen LogP) is 2.70. The molecule has 0 aliphatic carbocycles. The van der Waals surface area contributed by atoms with Crippen molar-refractivity contribution in [3.63, 3.8) is 0 Å². The number of hydrogen-bond donors (Lipinski definition) is 3. The van der Waals surface area contributed by atoms with Crippen molar-refractivity contribution in [3.05, 3.63) is 17.2 Å². The molecule has 1 rings (SSSR count). The molecule has 1 aromatic rings. The second-order valence-corrected chi connectivity index (χ2v) is 5.10. The van der Waals surface area contributed by atoms with Crippen LogP contribution >= 0.6 is 0 Å². The highest BCUT2D eigenvalue weighted by molar-refractivity contribution is 5.55. The van der Waals surface area contributed by atoms with E-state index in [4.69, 9.17) is 0 Å². The predicted molar refractivity (Wildman–Crippen MR) is 59.3 cm³/mol. The van der Waals surface area contributed by atoms with Crippen LogP contribution < -0.4 is 0 Å². The second-order valence-electron chi connectivity index (χ2n) is 5.10. The summed E-state index contributed by atoms with van der Waals surface area (Å²) in [6, 6.07) is 1.27. The third-order valence-corrected chi connectivity index (χ3v) is 2.31. The van der Waals surface area contributed by atoms with Crippen LogP contribution in [0.4, 0.5) is 0 Å². The Kier molecular flexibility index (Phi) is 2.84. The van der Waals surface area contributed by atoms with Crippen LogP contribution in [0.25, 0.3) is 0 Å². The molecular weight excluding hydrogens is 192 g/mol. The molecule has 0 aliphatic rings. The standard InChI is InChI=1S/C12H18O3/c1-7-9(13)5-10(14)8(11(7)15)6-12(2,3)4/h5,13-15H,6H2,1-4H3. The topological polar surface area (TPSA) is 60.7 Å². The van der Waals surface area contributed by atoms with Crippen LogP contribution in [0.15, 0.2) is 6.07 Å². The Morgan fingerprint density at radius 1 is 1.07 bits per heavy atom. The number of benzene rings is 1. The quantitative estimate of drug-likeness (QED) is 0.668. The largest absolute Gasteiger partial charge is 0.507 e. The number of phenols is 3. The smallest absolute Gasteiger partial charge is 0.129 e. The summed E-state index contributed by atoms with van der Waals surface area (Å²) < 4.78 is 0. The molecule has 0 spiro atoms. The summed E-state index contributed by atoms with van der Waals surface area (Å²) in [7, 11) is 0. The zero-order valence-electron chi connectivity index (χ0n) is 9.63. The summed E-state index contributed by atoms with van der Waals surface area (Å²) in [5.74, 6) is -0.143. The molecule has 1 aromatic carbocycles. The van der Waals surface area contributed by atoms with E-state index >= 15 is 0 Å². The minimum Gasteiger partial charge on any atom is -0.507 e. The zero-order valence-corrected chi connectivity index (χ0v) is 9.63. The lowest BCUT2D eigenvalue weighted by molar-refractivity contribution is 0.370. The van der Waals surface area contributed by atoms with E-state index in [-0.39, 0.29) is 22.7 Å². The van der Waals surface area contributed by atoms with Crippen molar-refractivity contribution in [2.45, 2.75) is 34.1 Å². The van der Waals surface area contributed by atoms with Gasteiger partial charge in [0, 0.05) is 17.2 Å². The van der Waals surface area contributed by atoms with Gasteiger partial charge in [-0.15, -0.1) is 0 Å². The van der Waals surface area contributed by atoms with Crippen molar-refractivity contribution < 1.29 is 15.3 Å². The van der Waals surface area contributed by atoms with E-state index in [1.165, 1.54) is 6.07 Å². The molecule has 0 saturated carbocycles. The molecule has 0 aromatic heterocycles. The fourth-order valence-corrected chi connectivity index (χ4v) is 1.50. The van der Waals surface area contributed by atoms with E-state index in [1.54, 1.807) is 6.92 Å². The number of rotatable bonds is 1. The molecule has 3 N–H and O–H groups in total. The molecule has 3 nitrogen and oxygen atoms in total. The minimum absolute atomic E-state index is 0.0116. The maximum absolute atomic E-state index is 9.80. The van der Waals surface area contributed by atoms with Crippen LogP contribution in [0.2, 0.25) is 0 Å². The van der Waals surface area contributed by atoms with E-state index in [9.17, 15) is 15.3 Å². The summed E-state index contributed by atoms with van der Waals surface area (Å²) in [4.78, 5) is 0. The highest BCUT2D eigenvalue weighted by Crippen LogP contribution is 2.39. The van der Waals surface area contributed by atoms with E-state index in [0.29, 0.717) is 17.5 Å². The fourth-order valence-electron chi connectivity index (χ4n) is 1.50. The first-order chi connectivity index (χ1) is 6.72. The molecule has 3 heteroatoms. The number of phenolic OH excluding ortho intramolecular Hbond substituents is 3. The Morgan fingerprint density at radius 2 is 1.60 bits per heavy atom. The summed E-state index contributed by atoms with van der Waals surface area (Å²) >= 11 is 0. The molecule has 0 fully saturated rings. The van der Waals surface area contributed by atoms with Crippen molar-refractivity contribution in [2.24, 2.45) is 5.41 Å².